The van der Waals surface area contributed by atoms with Crippen molar-refractivity contribution < 1.29 is 29.6 Å². The molecular formula is C51H90O6. The first-order valence-corrected chi connectivity index (χ1v) is 24.9. The quantitative estimate of drug-likeness (QED) is 0.0541. The second-order valence-electron chi connectivity index (χ2n) is 21.2. The molecule has 6 nitrogen and oxygen atoms in total. The van der Waals surface area contributed by atoms with Crippen molar-refractivity contribution in [2.45, 2.75) is 240 Å². The molecule has 0 bridgehead atoms. The highest BCUT2D eigenvalue weighted by Gasteiger charge is 2.60. The third-order valence-corrected chi connectivity index (χ3v) is 17.5. The molecule has 0 aromatic heterocycles. The average molecular weight is 799 g/mol. The number of allylic oxidation sites excluding steroid dienone is 2. The van der Waals surface area contributed by atoms with Crippen molar-refractivity contribution in [2.75, 3.05) is 6.61 Å². The lowest BCUT2D eigenvalue weighted by Crippen LogP contribution is -2.62. The Labute approximate surface area is 350 Å². The van der Waals surface area contributed by atoms with Gasteiger partial charge >= 0.3 is 5.97 Å². The zero-order chi connectivity index (χ0) is 41.2. The van der Waals surface area contributed by atoms with Crippen molar-refractivity contribution in [3.8, 4) is 0 Å². The van der Waals surface area contributed by atoms with Crippen LogP contribution in [-0.2, 0) is 14.3 Å². The Morgan fingerprint density at radius 2 is 1.47 bits per heavy atom. The standard InChI is InChI=1S/C51H90O6/c1-8-10-11-12-13-14-15-16-17-18-19-20-21-22-45(53)57-49-47(55)46(54)44(34-52)56-48(49)38-29-31-50(6)39(33-38)25-26-40-42-28-27-41(51(42,7)32-30-43(40)50)36(5)23-24-37(9-2)35(3)4/h25,35-38,40-44,46-49,52,54-55H,8-24,26-34H2,1-7H3/t36-,37-,38+,40+,41-,42+,43+,44-,46-,47+,48+,49-,50+,51-/m1/s1. The van der Waals surface area contributed by atoms with Gasteiger partial charge in [0.1, 0.15) is 24.4 Å². The number of aliphatic hydroxyl groups excluding tert-OH is 3. The minimum Gasteiger partial charge on any atom is -0.457 e. The molecule has 330 valence electrons. The summed E-state index contributed by atoms with van der Waals surface area (Å²) >= 11 is 0. The molecule has 1 saturated heterocycles. The zero-order valence-electron chi connectivity index (χ0n) is 38.0. The van der Waals surface area contributed by atoms with Gasteiger partial charge in [0.05, 0.1) is 6.61 Å². The molecule has 0 unspecified atom stereocenters. The summed E-state index contributed by atoms with van der Waals surface area (Å²) in [6.07, 6.45) is 27.8. The molecule has 0 aromatic carbocycles. The molecular weight excluding hydrogens is 709 g/mol. The highest BCUT2D eigenvalue weighted by atomic mass is 16.6. The summed E-state index contributed by atoms with van der Waals surface area (Å²) in [5.74, 6) is 5.29. The van der Waals surface area contributed by atoms with Crippen molar-refractivity contribution in [3.05, 3.63) is 11.6 Å². The Morgan fingerprint density at radius 1 is 0.825 bits per heavy atom. The van der Waals surface area contributed by atoms with Gasteiger partial charge in [-0.05, 0) is 122 Å². The van der Waals surface area contributed by atoms with Crippen LogP contribution in [0.3, 0.4) is 0 Å². The summed E-state index contributed by atoms with van der Waals surface area (Å²) in [6.45, 7) is 16.9. The van der Waals surface area contributed by atoms with Gasteiger partial charge in [0.2, 0.25) is 0 Å². The fourth-order valence-corrected chi connectivity index (χ4v) is 13.8. The molecule has 3 saturated carbocycles. The first-order chi connectivity index (χ1) is 27.4. The normalized spacial score (nSPS) is 37.6. The maximum atomic E-state index is 13.2. The fourth-order valence-electron chi connectivity index (χ4n) is 13.8. The van der Waals surface area contributed by atoms with E-state index < -0.39 is 30.5 Å². The summed E-state index contributed by atoms with van der Waals surface area (Å²) < 4.78 is 12.5. The van der Waals surface area contributed by atoms with E-state index in [1.807, 2.05) is 0 Å². The Bertz CT molecular complexity index is 1230. The topological polar surface area (TPSA) is 96.2 Å². The third kappa shape index (κ3) is 11.3. The van der Waals surface area contributed by atoms with Crippen LogP contribution in [0.1, 0.15) is 209 Å². The van der Waals surface area contributed by atoms with Crippen molar-refractivity contribution in [3.63, 3.8) is 0 Å². The zero-order valence-corrected chi connectivity index (χ0v) is 38.0. The number of carbonyl (C=O) groups is 1. The summed E-state index contributed by atoms with van der Waals surface area (Å²) in [4.78, 5) is 13.2. The van der Waals surface area contributed by atoms with Crippen LogP contribution in [0.2, 0.25) is 0 Å². The lowest BCUT2D eigenvalue weighted by molar-refractivity contribution is -0.251. The number of hydrogen-bond donors (Lipinski definition) is 3. The SMILES string of the molecule is CCCCCCCCCCCCCCCC(=O)O[C@@H]1[C@@H](O)[C@H](O)[C@@H](CO)O[C@H]1[C@H]1CC[C@@]2(C)C(=CC[C@H]3[C@@H]4CC[C@H]([C@H](C)CC[C@@H](CC)C(C)C)[C@@]4(C)CC[C@@H]32)C1. The minimum atomic E-state index is -1.29. The molecule has 5 aliphatic rings. The highest BCUT2D eigenvalue weighted by Crippen LogP contribution is 2.68. The van der Waals surface area contributed by atoms with Crippen LogP contribution in [0.5, 0.6) is 0 Å². The van der Waals surface area contributed by atoms with Gasteiger partial charge in [-0.3, -0.25) is 4.79 Å². The van der Waals surface area contributed by atoms with Crippen LogP contribution in [0.4, 0.5) is 0 Å². The fraction of sp³-hybridized carbons (Fsp3) is 0.941. The van der Waals surface area contributed by atoms with Crippen LogP contribution in [0.15, 0.2) is 11.6 Å². The molecule has 5 rings (SSSR count). The smallest absolute Gasteiger partial charge is 0.306 e. The van der Waals surface area contributed by atoms with Gasteiger partial charge < -0.3 is 24.8 Å². The molecule has 6 heteroatoms. The Morgan fingerprint density at radius 3 is 2.09 bits per heavy atom. The first kappa shape index (κ1) is 47.1. The third-order valence-electron chi connectivity index (χ3n) is 17.5. The number of unbranched alkanes of at least 4 members (excludes halogenated alkanes) is 12. The molecule has 3 N–H and O–H groups in total. The predicted molar refractivity (Wildman–Crippen MR) is 234 cm³/mol. The van der Waals surface area contributed by atoms with Crippen molar-refractivity contribution in [1.82, 2.24) is 0 Å². The number of ether oxygens (including phenoxy) is 2. The predicted octanol–water partition coefficient (Wildman–Crippen LogP) is 12.2. The van der Waals surface area contributed by atoms with Gasteiger partial charge in [0, 0.05) is 6.42 Å². The number of hydrogen-bond acceptors (Lipinski definition) is 6. The largest absolute Gasteiger partial charge is 0.457 e. The monoisotopic (exact) mass is 799 g/mol. The Balaban J connectivity index is 1.13. The van der Waals surface area contributed by atoms with Crippen LogP contribution in [-0.4, -0.2) is 58.4 Å². The molecule has 0 aromatic rings. The highest BCUT2D eigenvalue weighted by molar-refractivity contribution is 5.69. The van der Waals surface area contributed by atoms with Gasteiger partial charge in [-0.1, -0.05) is 150 Å². The van der Waals surface area contributed by atoms with Crippen molar-refractivity contribution in [1.29, 1.82) is 0 Å². The second-order valence-corrected chi connectivity index (χ2v) is 21.2. The second kappa shape index (κ2) is 22.2. The summed E-state index contributed by atoms with van der Waals surface area (Å²) in [5, 5.41) is 32.4. The molecule has 4 fully saturated rings. The first-order valence-electron chi connectivity index (χ1n) is 24.9. The van der Waals surface area contributed by atoms with E-state index in [0.29, 0.717) is 17.8 Å². The van der Waals surface area contributed by atoms with E-state index in [4.69, 9.17) is 9.47 Å². The van der Waals surface area contributed by atoms with Gasteiger partial charge in [-0.15, -0.1) is 0 Å². The molecule has 1 aliphatic heterocycles. The molecule has 0 radical (unpaired) electrons. The van der Waals surface area contributed by atoms with Gasteiger partial charge in [-0.2, -0.15) is 0 Å². The summed E-state index contributed by atoms with van der Waals surface area (Å²) in [5.41, 5.74) is 2.15. The molecule has 14 atom stereocenters. The number of aliphatic hydroxyl groups is 3. The number of esters is 1. The van der Waals surface area contributed by atoms with E-state index in [1.165, 1.54) is 121 Å². The Hall–Kier alpha value is -0.950. The van der Waals surface area contributed by atoms with E-state index in [2.05, 4.69) is 54.5 Å². The van der Waals surface area contributed by atoms with Crippen LogP contribution >= 0.6 is 0 Å². The lowest BCUT2D eigenvalue weighted by atomic mass is 9.46. The number of fused-ring (bicyclic) bond motifs is 5. The van der Waals surface area contributed by atoms with Crippen LogP contribution in [0.25, 0.3) is 0 Å². The number of rotatable bonds is 23. The van der Waals surface area contributed by atoms with E-state index in [9.17, 15) is 20.1 Å². The molecule has 1 heterocycles. The molecule has 0 amide bonds. The van der Waals surface area contributed by atoms with E-state index >= 15 is 0 Å². The molecule has 4 aliphatic carbocycles. The summed E-state index contributed by atoms with van der Waals surface area (Å²) in [7, 11) is 0. The minimum absolute atomic E-state index is 0.0644. The molecule has 0 spiro atoms. The Kier molecular flexibility index (Phi) is 18.4. The lowest BCUT2D eigenvalue weighted by Gasteiger charge is -2.59. The molecule has 57 heavy (non-hydrogen) atoms. The maximum absolute atomic E-state index is 13.2. The van der Waals surface area contributed by atoms with Gasteiger partial charge in [-0.25, -0.2) is 0 Å². The number of carbonyl (C=O) groups excluding carboxylic acids is 1. The van der Waals surface area contributed by atoms with Crippen LogP contribution < -0.4 is 0 Å². The van der Waals surface area contributed by atoms with Crippen molar-refractivity contribution >= 4 is 5.97 Å². The summed E-state index contributed by atoms with van der Waals surface area (Å²) in [6, 6.07) is 0. The van der Waals surface area contributed by atoms with E-state index in [1.54, 1.807) is 0 Å². The van der Waals surface area contributed by atoms with Crippen LogP contribution in [0, 0.1) is 58.2 Å². The van der Waals surface area contributed by atoms with Gasteiger partial charge in [0.25, 0.3) is 0 Å². The van der Waals surface area contributed by atoms with E-state index in [-0.39, 0.29) is 23.9 Å². The van der Waals surface area contributed by atoms with Crippen molar-refractivity contribution in [2.24, 2.45) is 58.2 Å². The van der Waals surface area contributed by atoms with Gasteiger partial charge in [0.15, 0.2) is 6.10 Å². The van der Waals surface area contributed by atoms with E-state index in [0.717, 1.165) is 74.0 Å². The average Bonchev–Trinajstić information content (AvgIpc) is 3.55. The maximum Gasteiger partial charge on any atom is 0.306 e.